The van der Waals surface area contributed by atoms with Crippen LogP contribution in [-0.2, 0) is 11.2 Å². The van der Waals surface area contributed by atoms with Gasteiger partial charge >= 0.3 is 0 Å². The summed E-state index contributed by atoms with van der Waals surface area (Å²) in [5, 5.41) is 0.463. The van der Waals surface area contributed by atoms with Gasteiger partial charge in [-0.25, -0.2) is 0 Å². The van der Waals surface area contributed by atoms with Crippen molar-refractivity contribution in [1.29, 1.82) is 0 Å². The van der Waals surface area contributed by atoms with Gasteiger partial charge in [-0.05, 0) is 6.92 Å². The van der Waals surface area contributed by atoms with E-state index in [4.69, 9.17) is 0 Å². The Hall–Kier alpha value is 0.310. The summed E-state index contributed by atoms with van der Waals surface area (Å²) in [6.45, 7) is 4.24. The van der Waals surface area contributed by atoms with Crippen molar-refractivity contribution >= 4 is 11.2 Å². The predicted octanol–water partition coefficient (Wildman–Crippen LogP) is 1.16. The average Bonchev–Trinajstić information content (AvgIpc) is 1.85. The number of hydrogen-bond acceptors (Lipinski definition) is 1. The molecule has 1 fully saturated rings. The van der Waals surface area contributed by atoms with Gasteiger partial charge in [0.15, 0.2) is 0 Å². The Morgan fingerprint density at radius 2 is 2.12 bits per heavy atom. The first-order valence-electron chi connectivity index (χ1n) is 3.07. The maximum absolute atomic E-state index is 10.9. The maximum atomic E-state index is 10.9. The van der Waals surface area contributed by atoms with Crippen LogP contribution in [0, 0.1) is 5.92 Å². The molecule has 1 nitrogen and oxygen atoms in total. The molecule has 1 rings (SSSR count). The van der Waals surface area contributed by atoms with E-state index in [2.05, 4.69) is 13.8 Å². The predicted molar refractivity (Wildman–Crippen MR) is 36.3 cm³/mol. The minimum absolute atomic E-state index is 0.463. The molecule has 0 radical (unpaired) electrons. The lowest BCUT2D eigenvalue weighted by Crippen LogP contribution is -2.10. The van der Waals surface area contributed by atoms with Crippen molar-refractivity contribution in [3.8, 4) is 0 Å². The zero-order chi connectivity index (χ0) is 6.15. The highest BCUT2D eigenvalue weighted by atomic mass is 32.2. The van der Waals surface area contributed by atoms with Gasteiger partial charge in [-0.3, -0.25) is 0 Å². The van der Waals surface area contributed by atoms with E-state index in [0.717, 1.165) is 12.2 Å². The second-order valence-electron chi connectivity index (χ2n) is 2.70. The van der Waals surface area contributed by atoms with Crippen LogP contribution in [0.25, 0.3) is 0 Å². The van der Waals surface area contributed by atoms with E-state index >= 15 is 0 Å². The minimum Gasteiger partial charge on any atom is -0.616 e. The zero-order valence-electron chi connectivity index (χ0n) is 5.39. The molecule has 0 spiro atoms. The van der Waals surface area contributed by atoms with E-state index < -0.39 is 11.2 Å². The van der Waals surface area contributed by atoms with Crippen molar-refractivity contribution in [2.75, 3.05) is 5.75 Å². The topological polar surface area (TPSA) is 23.1 Å². The van der Waals surface area contributed by atoms with E-state index in [-0.39, 0.29) is 0 Å². The molecule has 0 aromatic heterocycles. The third kappa shape index (κ3) is 1.17. The van der Waals surface area contributed by atoms with Gasteiger partial charge in [0.05, 0.1) is 0 Å². The van der Waals surface area contributed by atoms with Gasteiger partial charge in [-0.1, -0.05) is 18.1 Å². The smallest absolute Gasteiger partial charge is 0.113 e. The van der Waals surface area contributed by atoms with E-state index in [1.54, 1.807) is 0 Å². The lowest BCUT2D eigenvalue weighted by Gasteiger charge is -2.05. The molecule has 1 aliphatic heterocycles. The Labute approximate surface area is 53.7 Å². The standard InChI is InChI=1S/C6H12OS/c1-5-3-6(2)8(7)4-5/h5-6H,3-4H2,1-2H3/t5?,6-,8?/m1/s1. The van der Waals surface area contributed by atoms with E-state index in [9.17, 15) is 4.55 Å². The molecule has 8 heavy (non-hydrogen) atoms. The Balaban J connectivity index is 2.39. The highest BCUT2D eigenvalue weighted by Gasteiger charge is 2.29. The Kier molecular flexibility index (Phi) is 1.83. The van der Waals surface area contributed by atoms with Gasteiger partial charge in [0.2, 0.25) is 0 Å². The first-order valence-corrected chi connectivity index (χ1v) is 4.45. The molecule has 0 amide bonds. The summed E-state index contributed by atoms with van der Waals surface area (Å²) in [6.07, 6.45) is 1.16. The van der Waals surface area contributed by atoms with E-state index in [0.29, 0.717) is 11.2 Å². The third-order valence-corrected chi connectivity index (χ3v) is 3.62. The molecule has 0 aliphatic carbocycles. The molecule has 0 N–H and O–H groups in total. The summed E-state index contributed by atoms with van der Waals surface area (Å²) in [6, 6.07) is 0. The van der Waals surface area contributed by atoms with Crippen LogP contribution in [0.4, 0.5) is 0 Å². The van der Waals surface area contributed by atoms with Crippen LogP contribution in [-0.4, -0.2) is 15.6 Å². The molecule has 0 saturated carbocycles. The van der Waals surface area contributed by atoms with E-state index in [1.165, 1.54) is 0 Å². The van der Waals surface area contributed by atoms with E-state index in [1.807, 2.05) is 0 Å². The molecular weight excluding hydrogens is 120 g/mol. The van der Waals surface area contributed by atoms with Crippen LogP contribution in [0.2, 0.25) is 0 Å². The molecule has 0 bridgehead atoms. The molecular formula is C6H12OS. The molecule has 1 heterocycles. The largest absolute Gasteiger partial charge is 0.616 e. The van der Waals surface area contributed by atoms with Crippen LogP contribution in [0.5, 0.6) is 0 Å². The second-order valence-corrected chi connectivity index (χ2v) is 4.60. The minimum atomic E-state index is -0.498. The molecule has 3 atom stereocenters. The summed E-state index contributed by atoms with van der Waals surface area (Å²) >= 11 is -0.498. The highest BCUT2D eigenvalue weighted by Crippen LogP contribution is 2.24. The van der Waals surface area contributed by atoms with Gasteiger partial charge in [-0.15, -0.1) is 0 Å². The second kappa shape index (κ2) is 2.28. The normalized spacial score (nSPS) is 47.6. The number of hydrogen-bond donors (Lipinski definition) is 0. The van der Waals surface area contributed by atoms with Crippen LogP contribution in [0.1, 0.15) is 20.3 Å². The van der Waals surface area contributed by atoms with Gasteiger partial charge in [0.25, 0.3) is 0 Å². The van der Waals surface area contributed by atoms with Crippen LogP contribution >= 0.6 is 0 Å². The van der Waals surface area contributed by atoms with Gasteiger partial charge in [0.1, 0.15) is 11.0 Å². The van der Waals surface area contributed by atoms with Crippen molar-refractivity contribution in [2.24, 2.45) is 5.92 Å². The summed E-state index contributed by atoms with van der Waals surface area (Å²) < 4.78 is 10.9. The van der Waals surface area contributed by atoms with Crippen molar-refractivity contribution in [3.05, 3.63) is 0 Å². The van der Waals surface area contributed by atoms with Crippen molar-refractivity contribution in [3.63, 3.8) is 0 Å². The fourth-order valence-corrected chi connectivity index (χ4v) is 2.76. The molecule has 0 aromatic carbocycles. The molecule has 0 aromatic rings. The SMILES string of the molecule is CC1C[C@@H](C)[S+]([O-])C1. The summed E-state index contributed by atoms with van der Waals surface area (Å²) in [5.41, 5.74) is 0. The van der Waals surface area contributed by atoms with Crippen LogP contribution in [0.3, 0.4) is 0 Å². The molecule has 1 aliphatic rings. The van der Waals surface area contributed by atoms with Crippen molar-refractivity contribution < 1.29 is 4.55 Å². The highest BCUT2D eigenvalue weighted by molar-refractivity contribution is 7.92. The Bertz CT molecular complexity index is 74.6. The van der Waals surface area contributed by atoms with Crippen LogP contribution < -0.4 is 0 Å². The Morgan fingerprint density at radius 3 is 2.25 bits per heavy atom. The lowest BCUT2D eigenvalue weighted by atomic mass is 10.1. The maximum Gasteiger partial charge on any atom is 0.113 e. The lowest BCUT2D eigenvalue weighted by molar-refractivity contribution is 0.592. The van der Waals surface area contributed by atoms with Gasteiger partial charge in [-0.2, -0.15) is 0 Å². The summed E-state index contributed by atoms with van der Waals surface area (Å²) in [7, 11) is 0. The zero-order valence-corrected chi connectivity index (χ0v) is 6.20. The van der Waals surface area contributed by atoms with Gasteiger partial charge in [0, 0.05) is 12.3 Å². The first-order chi connectivity index (χ1) is 3.70. The molecule has 48 valence electrons. The fourth-order valence-electron chi connectivity index (χ4n) is 1.19. The van der Waals surface area contributed by atoms with Gasteiger partial charge < -0.3 is 4.55 Å². The molecule has 2 heteroatoms. The first kappa shape index (κ1) is 6.43. The number of rotatable bonds is 0. The molecule has 2 unspecified atom stereocenters. The molecule has 1 saturated heterocycles. The summed E-state index contributed by atoms with van der Waals surface area (Å²) in [5.74, 6) is 1.63. The van der Waals surface area contributed by atoms with Crippen LogP contribution in [0.15, 0.2) is 0 Å². The Morgan fingerprint density at radius 1 is 1.50 bits per heavy atom. The average molecular weight is 132 g/mol. The fraction of sp³-hybridized carbons (Fsp3) is 1.00. The summed E-state index contributed by atoms with van der Waals surface area (Å²) in [4.78, 5) is 0. The monoisotopic (exact) mass is 132 g/mol. The van der Waals surface area contributed by atoms with Crippen molar-refractivity contribution in [1.82, 2.24) is 0 Å². The quantitative estimate of drug-likeness (QED) is 0.454. The third-order valence-electron chi connectivity index (χ3n) is 1.63. The van der Waals surface area contributed by atoms with Crippen molar-refractivity contribution in [2.45, 2.75) is 25.5 Å².